The molecule has 29 heavy (non-hydrogen) atoms. The highest BCUT2D eigenvalue weighted by molar-refractivity contribution is 5.92. The van der Waals surface area contributed by atoms with Crippen LogP contribution in [0, 0.1) is 17.6 Å². The minimum Gasteiger partial charge on any atom is -0.419 e. The number of hydrogen-bond acceptors (Lipinski definition) is 5. The molecule has 0 amide bonds. The maximum Gasteiger partial charge on any atom is 0.247 e. The number of benzene rings is 2. The summed E-state index contributed by atoms with van der Waals surface area (Å²) < 4.78 is 33.3. The maximum atomic E-state index is 14.6. The predicted octanol–water partition coefficient (Wildman–Crippen LogP) is 4.72. The Morgan fingerprint density at radius 1 is 1.07 bits per heavy atom. The van der Waals surface area contributed by atoms with E-state index in [4.69, 9.17) is 10.2 Å². The van der Waals surface area contributed by atoms with Gasteiger partial charge in [0.15, 0.2) is 5.82 Å². The van der Waals surface area contributed by atoms with Crippen molar-refractivity contribution in [2.45, 2.75) is 19.9 Å². The molecule has 0 saturated heterocycles. The van der Waals surface area contributed by atoms with Gasteiger partial charge in [-0.2, -0.15) is 5.10 Å². The molecule has 148 valence electrons. The number of halogens is 2. The van der Waals surface area contributed by atoms with E-state index >= 15 is 0 Å². The van der Waals surface area contributed by atoms with Crippen molar-refractivity contribution >= 4 is 23.1 Å². The first kappa shape index (κ1) is 18.9. The number of H-pyrrole nitrogens is 1. The van der Waals surface area contributed by atoms with Crippen LogP contribution in [0.4, 0.5) is 8.78 Å². The van der Waals surface area contributed by atoms with E-state index in [-0.39, 0.29) is 23.1 Å². The fraction of sp³-hybridized carbons (Fsp3) is 0.190. The summed E-state index contributed by atoms with van der Waals surface area (Å²) >= 11 is 0. The Morgan fingerprint density at radius 2 is 1.83 bits per heavy atom. The van der Waals surface area contributed by atoms with Crippen LogP contribution in [0.15, 0.2) is 40.8 Å². The quantitative estimate of drug-likeness (QED) is 0.510. The van der Waals surface area contributed by atoms with Gasteiger partial charge in [0.1, 0.15) is 11.3 Å². The zero-order valence-electron chi connectivity index (χ0n) is 15.9. The molecule has 1 atom stereocenters. The Bertz CT molecular complexity index is 1180. The second-order valence-corrected chi connectivity index (χ2v) is 7.09. The van der Waals surface area contributed by atoms with Gasteiger partial charge in [0.2, 0.25) is 11.8 Å². The first-order valence-corrected chi connectivity index (χ1v) is 9.13. The molecule has 4 aromatic rings. The van der Waals surface area contributed by atoms with Crippen molar-refractivity contribution in [2.75, 3.05) is 0 Å². The average molecular weight is 395 g/mol. The molecular weight excluding hydrogens is 376 g/mol. The average Bonchev–Trinajstić information content (AvgIpc) is 3.34. The molecule has 2 heterocycles. The highest BCUT2D eigenvalue weighted by Gasteiger charge is 2.20. The third-order valence-electron chi connectivity index (χ3n) is 4.65. The lowest BCUT2D eigenvalue weighted by molar-refractivity contribution is 0.394. The first-order chi connectivity index (χ1) is 13.9. The summed E-state index contributed by atoms with van der Waals surface area (Å²) in [5.41, 5.74) is 8.08. The molecule has 8 heteroatoms. The lowest BCUT2D eigenvalue weighted by Gasteiger charge is -2.09. The number of rotatable bonds is 5. The predicted molar refractivity (Wildman–Crippen MR) is 106 cm³/mol. The third-order valence-corrected chi connectivity index (χ3v) is 4.65. The second kappa shape index (κ2) is 7.56. The Kier molecular flexibility index (Phi) is 4.94. The number of nitrogens with one attached hydrogen (secondary N) is 1. The van der Waals surface area contributed by atoms with Crippen LogP contribution in [-0.4, -0.2) is 20.4 Å². The maximum absolute atomic E-state index is 14.6. The van der Waals surface area contributed by atoms with Crippen LogP contribution in [0.1, 0.15) is 37.0 Å². The lowest BCUT2D eigenvalue weighted by Crippen LogP contribution is -2.16. The highest BCUT2D eigenvalue weighted by Crippen LogP contribution is 2.29. The summed E-state index contributed by atoms with van der Waals surface area (Å²) in [5, 5.41) is 15.4. The van der Waals surface area contributed by atoms with E-state index in [1.54, 1.807) is 30.4 Å². The standard InChI is InChI=1S/C21H19F2N5O/c1-11(2)18(24)21-28-27-20(29-21)13-9-15-17(25-26-19(15)16(23)10-13)8-5-12-3-6-14(22)7-4-12/h3-11,18H,24H2,1-2H3,(H,25,26)/t18-/m0/s1. The molecule has 0 aliphatic carbocycles. The van der Waals surface area contributed by atoms with E-state index in [9.17, 15) is 8.78 Å². The molecule has 0 fully saturated rings. The first-order valence-electron chi connectivity index (χ1n) is 9.13. The molecule has 0 bridgehead atoms. The topological polar surface area (TPSA) is 93.6 Å². The summed E-state index contributed by atoms with van der Waals surface area (Å²) in [7, 11) is 0. The molecule has 0 aliphatic heterocycles. The Balaban J connectivity index is 1.71. The minimum absolute atomic E-state index is 0.125. The van der Waals surface area contributed by atoms with E-state index in [0.29, 0.717) is 22.5 Å². The number of nitrogens with zero attached hydrogens (tertiary/aromatic N) is 3. The molecular formula is C21H19F2N5O. The Hall–Kier alpha value is -3.39. The van der Waals surface area contributed by atoms with E-state index in [2.05, 4.69) is 20.4 Å². The molecule has 4 rings (SSSR count). The molecule has 6 nitrogen and oxygen atoms in total. The smallest absolute Gasteiger partial charge is 0.247 e. The fourth-order valence-corrected chi connectivity index (χ4v) is 2.87. The number of aromatic amines is 1. The van der Waals surface area contributed by atoms with Crippen LogP contribution >= 0.6 is 0 Å². The third kappa shape index (κ3) is 3.79. The van der Waals surface area contributed by atoms with Crippen LogP contribution in [-0.2, 0) is 0 Å². The molecule has 2 aromatic heterocycles. The van der Waals surface area contributed by atoms with Gasteiger partial charge in [-0.15, -0.1) is 10.2 Å². The molecule has 0 radical (unpaired) electrons. The van der Waals surface area contributed by atoms with Crippen LogP contribution in [0.5, 0.6) is 0 Å². The molecule has 0 saturated carbocycles. The van der Waals surface area contributed by atoms with Crippen molar-refractivity contribution in [1.29, 1.82) is 0 Å². The molecule has 0 aliphatic rings. The van der Waals surface area contributed by atoms with Crippen molar-refractivity contribution in [1.82, 2.24) is 20.4 Å². The van der Waals surface area contributed by atoms with Crippen molar-refractivity contribution in [3.63, 3.8) is 0 Å². The van der Waals surface area contributed by atoms with E-state index in [0.717, 1.165) is 5.56 Å². The number of hydrogen-bond donors (Lipinski definition) is 2. The van der Waals surface area contributed by atoms with Crippen LogP contribution in [0.2, 0.25) is 0 Å². The van der Waals surface area contributed by atoms with Crippen molar-refractivity contribution in [3.05, 3.63) is 65.2 Å². The van der Waals surface area contributed by atoms with Gasteiger partial charge in [-0.3, -0.25) is 5.10 Å². The van der Waals surface area contributed by atoms with Crippen LogP contribution < -0.4 is 5.73 Å². The molecule has 2 aromatic carbocycles. The van der Waals surface area contributed by atoms with Crippen molar-refractivity contribution in [3.8, 4) is 11.5 Å². The number of nitrogens with two attached hydrogens (primary N) is 1. The van der Waals surface area contributed by atoms with Gasteiger partial charge in [-0.05, 0) is 41.8 Å². The van der Waals surface area contributed by atoms with Gasteiger partial charge in [-0.25, -0.2) is 8.78 Å². The summed E-state index contributed by atoms with van der Waals surface area (Å²) in [6.07, 6.45) is 3.53. The SMILES string of the molecule is CC(C)[C@H](N)c1nnc(-c2cc(F)c3n[nH]c(C=Cc4ccc(F)cc4)c3c2)o1. The number of aromatic nitrogens is 4. The normalized spacial score (nSPS) is 13.0. The van der Waals surface area contributed by atoms with E-state index in [1.807, 2.05) is 13.8 Å². The zero-order chi connectivity index (χ0) is 20.5. The van der Waals surface area contributed by atoms with Gasteiger partial charge in [-0.1, -0.05) is 32.1 Å². The van der Waals surface area contributed by atoms with Crippen LogP contribution in [0.3, 0.4) is 0 Å². The van der Waals surface area contributed by atoms with Gasteiger partial charge < -0.3 is 10.2 Å². The molecule has 0 unspecified atom stereocenters. The Labute approximate surface area is 165 Å². The largest absolute Gasteiger partial charge is 0.419 e. The monoisotopic (exact) mass is 395 g/mol. The van der Waals surface area contributed by atoms with E-state index < -0.39 is 11.9 Å². The van der Waals surface area contributed by atoms with Crippen molar-refractivity contribution in [2.24, 2.45) is 11.7 Å². The highest BCUT2D eigenvalue weighted by atomic mass is 19.1. The van der Waals surface area contributed by atoms with Gasteiger partial charge in [0.25, 0.3) is 0 Å². The molecule has 3 N–H and O–H groups in total. The minimum atomic E-state index is -0.511. The van der Waals surface area contributed by atoms with E-state index in [1.165, 1.54) is 18.2 Å². The lowest BCUT2D eigenvalue weighted by atomic mass is 10.1. The fourth-order valence-electron chi connectivity index (χ4n) is 2.87. The molecule has 0 spiro atoms. The summed E-state index contributed by atoms with van der Waals surface area (Å²) in [6, 6.07) is 8.67. The van der Waals surface area contributed by atoms with Crippen LogP contribution in [0.25, 0.3) is 34.5 Å². The van der Waals surface area contributed by atoms with Crippen molar-refractivity contribution < 1.29 is 13.2 Å². The zero-order valence-corrected chi connectivity index (χ0v) is 15.9. The number of fused-ring (bicyclic) bond motifs is 1. The van der Waals surface area contributed by atoms with Gasteiger partial charge in [0.05, 0.1) is 11.7 Å². The van der Waals surface area contributed by atoms with Gasteiger partial charge >= 0.3 is 0 Å². The van der Waals surface area contributed by atoms with Gasteiger partial charge in [0, 0.05) is 10.9 Å². The second-order valence-electron chi connectivity index (χ2n) is 7.09. The summed E-state index contributed by atoms with van der Waals surface area (Å²) in [6.45, 7) is 3.90. The Morgan fingerprint density at radius 3 is 2.55 bits per heavy atom. The summed E-state index contributed by atoms with van der Waals surface area (Å²) in [5.74, 6) is -0.203. The summed E-state index contributed by atoms with van der Waals surface area (Å²) in [4.78, 5) is 0.